The number of carbonyl (C=O) groups is 1. The monoisotopic (exact) mass is 557 g/mol. The Morgan fingerprint density at radius 3 is 2.35 bits per heavy atom. The van der Waals surface area contributed by atoms with E-state index in [1.165, 1.54) is 24.3 Å². The SMILES string of the molecule is C[N+](C)(C)C1CCN(C(=O)OCCC2(S(=O)(=O)c3ccc(Cl)cc3)CCOc3c(F)ccc(F)c32)CC1. The molecule has 1 atom stereocenters. The first-order valence-electron chi connectivity index (χ1n) is 12.2. The van der Waals surface area contributed by atoms with Crippen molar-refractivity contribution in [1.29, 1.82) is 0 Å². The fraction of sp³-hybridized carbons (Fsp3) is 0.500. The maximum atomic E-state index is 15.2. The molecule has 11 heteroatoms. The first-order chi connectivity index (χ1) is 17.4. The third-order valence-electron chi connectivity index (χ3n) is 7.45. The van der Waals surface area contributed by atoms with Crippen LogP contribution in [0.3, 0.4) is 0 Å². The topological polar surface area (TPSA) is 72.9 Å². The number of ether oxygens (including phenoxy) is 2. The fourth-order valence-corrected chi connectivity index (χ4v) is 7.49. The quantitative estimate of drug-likeness (QED) is 0.479. The highest BCUT2D eigenvalue weighted by Gasteiger charge is 2.52. The largest absolute Gasteiger partial charge is 0.490 e. The predicted octanol–water partition coefficient (Wildman–Crippen LogP) is 4.77. The molecule has 1 fully saturated rings. The van der Waals surface area contributed by atoms with E-state index >= 15 is 4.39 Å². The lowest BCUT2D eigenvalue weighted by atomic mass is 9.88. The van der Waals surface area contributed by atoms with Crippen LogP contribution in [0.5, 0.6) is 5.75 Å². The summed E-state index contributed by atoms with van der Waals surface area (Å²) in [4.78, 5) is 14.3. The Morgan fingerprint density at radius 1 is 1.11 bits per heavy atom. The van der Waals surface area contributed by atoms with Crippen LogP contribution >= 0.6 is 11.6 Å². The van der Waals surface area contributed by atoms with Gasteiger partial charge in [0.25, 0.3) is 0 Å². The number of quaternary nitrogens is 1. The van der Waals surface area contributed by atoms with Gasteiger partial charge in [-0.05, 0) is 36.4 Å². The molecule has 0 radical (unpaired) electrons. The number of nitrogens with zero attached hydrogens (tertiary/aromatic N) is 2. The van der Waals surface area contributed by atoms with E-state index in [4.69, 9.17) is 21.1 Å². The summed E-state index contributed by atoms with van der Waals surface area (Å²) in [5.41, 5.74) is -0.381. The van der Waals surface area contributed by atoms with Gasteiger partial charge in [-0.1, -0.05) is 11.6 Å². The number of hydrogen-bond acceptors (Lipinski definition) is 5. The van der Waals surface area contributed by atoms with Gasteiger partial charge in [0, 0.05) is 43.8 Å². The summed E-state index contributed by atoms with van der Waals surface area (Å²) in [6.45, 7) is 0.622. The Bertz CT molecular complexity index is 1260. The molecule has 2 heterocycles. The summed E-state index contributed by atoms with van der Waals surface area (Å²) in [5.74, 6) is -2.19. The Kier molecular flexibility index (Phi) is 7.74. The Labute approximate surface area is 221 Å². The average molecular weight is 558 g/mol. The first-order valence-corrected chi connectivity index (χ1v) is 14.1. The highest BCUT2D eigenvalue weighted by Crippen LogP contribution is 2.50. The van der Waals surface area contributed by atoms with Gasteiger partial charge in [-0.25, -0.2) is 22.0 Å². The minimum Gasteiger partial charge on any atom is -0.490 e. The van der Waals surface area contributed by atoms with Crippen LogP contribution in [-0.2, 0) is 19.3 Å². The van der Waals surface area contributed by atoms with E-state index < -0.39 is 38.1 Å². The summed E-state index contributed by atoms with van der Waals surface area (Å²) in [7, 11) is 2.06. The third kappa shape index (κ3) is 5.28. The second-order valence-corrected chi connectivity index (χ2v) is 13.2. The molecule has 0 N–H and O–H groups in total. The van der Waals surface area contributed by atoms with E-state index in [2.05, 4.69) is 21.1 Å². The molecule has 202 valence electrons. The van der Waals surface area contributed by atoms with Crippen LogP contribution in [0.4, 0.5) is 13.6 Å². The van der Waals surface area contributed by atoms with E-state index in [1.54, 1.807) is 4.90 Å². The zero-order valence-electron chi connectivity index (χ0n) is 21.2. The van der Waals surface area contributed by atoms with Crippen LogP contribution < -0.4 is 4.74 Å². The zero-order chi connectivity index (χ0) is 27.0. The van der Waals surface area contributed by atoms with Gasteiger partial charge in [-0.2, -0.15) is 0 Å². The predicted molar refractivity (Wildman–Crippen MR) is 135 cm³/mol. The van der Waals surface area contributed by atoms with Gasteiger partial charge in [0.15, 0.2) is 21.4 Å². The normalized spacial score (nSPS) is 20.8. The van der Waals surface area contributed by atoms with Gasteiger partial charge in [-0.3, -0.25) is 0 Å². The summed E-state index contributed by atoms with van der Waals surface area (Å²) < 4.78 is 67.7. The van der Waals surface area contributed by atoms with Gasteiger partial charge in [0.2, 0.25) is 0 Å². The molecule has 2 aromatic carbocycles. The van der Waals surface area contributed by atoms with Gasteiger partial charge >= 0.3 is 6.09 Å². The van der Waals surface area contributed by atoms with Crippen molar-refractivity contribution in [1.82, 2.24) is 4.90 Å². The molecule has 0 aromatic heterocycles. The van der Waals surface area contributed by atoms with Crippen molar-refractivity contribution in [2.24, 2.45) is 0 Å². The van der Waals surface area contributed by atoms with Crippen LogP contribution in [0.25, 0.3) is 0 Å². The number of piperidine rings is 1. The van der Waals surface area contributed by atoms with Crippen molar-refractivity contribution in [3.63, 3.8) is 0 Å². The van der Waals surface area contributed by atoms with Crippen LogP contribution in [0.2, 0.25) is 5.02 Å². The van der Waals surface area contributed by atoms with E-state index in [0.717, 1.165) is 29.5 Å². The summed E-state index contributed by atoms with van der Waals surface area (Å²) in [6, 6.07) is 7.71. The molecule has 1 amide bonds. The van der Waals surface area contributed by atoms with Crippen molar-refractivity contribution >= 4 is 27.5 Å². The van der Waals surface area contributed by atoms with Crippen LogP contribution in [-0.4, -0.2) is 77.4 Å². The van der Waals surface area contributed by atoms with Gasteiger partial charge < -0.3 is 18.9 Å². The molecule has 1 unspecified atom stereocenters. The molecule has 0 bridgehead atoms. The molecule has 0 aliphatic carbocycles. The molecule has 4 rings (SSSR count). The van der Waals surface area contributed by atoms with Crippen molar-refractivity contribution in [3.8, 4) is 5.75 Å². The molecule has 0 saturated carbocycles. The van der Waals surface area contributed by atoms with Gasteiger partial charge in [0.1, 0.15) is 10.6 Å². The maximum absolute atomic E-state index is 15.2. The van der Waals surface area contributed by atoms with Gasteiger partial charge in [-0.15, -0.1) is 0 Å². The number of benzene rings is 2. The number of likely N-dealkylation sites (tertiary alicyclic amines) is 1. The first kappa shape index (κ1) is 27.6. The third-order valence-corrected chi connectivity index (χ3v) is 10.2. The molecular weight excluding hydrogens is 526 g/mol. The minimum absolute atomic E-state index is 0.0953. The molecule has 37 heavy (non-hydrogen) atoms. The molecule has 1 saturated heterocycles. The molecule has 7 nitrogen and oxygen atoms in total. The maximum Gasteiger partial charge on any atom is 0.409 e. The van der Waals surface area contributed by atoms with E-state index in [9.17, 15) is 17.6 Å². The molecule has 2 aromatic rings. The highest BCUT2D eigenvalue weighted by atomic mass is 35.5. The number of fused-ring (bicyclic) bond motifs is 1. The Balaban J connectivity index is 1.61. The Hall–Kier alpha value is -2.43. The minimum atomic E-state index is -4.29. The van der Waals surface area contributed by atoms with E-state index in [1.807, 2.05) is 0 Å². The average Bonchev–Trinajstić information content (AvgIpc) is 2.86. The lowest BCUT2D eigenvalue weighted by molar-refractivity contribution is -0.897. The second kappa shape index (κ2) is 10.4. The van der Waals surface area contributed by atoms with Crippen molar-refractivity contribution in [2.45, 2.75) is 41.4 Å². The molecule has 2 aliphatic heterocycles. The standard InChI is InChI=1S/C26H32ClF2N2O5S/c1-31(2,3)19-10-14-30(15-11-19)25(32)36-17-13-26(37(33,34)20-6-4-18(27)5-7-20)12-16-35-24-22(29)9-8-21(28)23(24)26/h4-9,19H,10-17H2,1-3H3/q+1. The van der Waals surface area contributed by atoms with Crippen molar-refractivity contribution in [2.75, 3.05) is 47.4 Å². The number of sulfone groups is 1. The molecule has 2 aliphatic rings. The van der Waals surface area contributed by atoms with Crippen molar-refractivity contribution < 1.29 is 35.9 Å². The number of carbonyl (C=O) groups excluding carboxylic acids is 1. The molecule has 0 spiro atoms. The number of amides is 1. The summed E-state index contributed by atoms with van der Waals surface area (Å²) in [6.07, 6.45) is 0.685. The number of halogens is 3. The second-order valence-electron chi connectivity index (χ2n) is 10.5. The lowest BCUT2D eigenvalue weighted by Gasteiger charge is -2.40. The van der Waals surface area contributed by atoms with E-state index in [0.29, 0.717) is 24.2 Å². The molecular formula is C26H32ClF2N2O5S+. The zero-order valence-corrected chi connectivity index (χ0v) is 22.7. The smallest absolute Gasteiger partial charge is 0.409 e. The number of hydrogen-bond donors (Lipinski definition) is 0. The lowest BCUT2D eigenvalue weighted by Crippen LogP contribution is -2.52. The van der Waals surface area contributed by atoms with Crippen LogP contribution in [0, 0.1) is 11.6 Å². The van der Waals surface area contributed by atoms with Crippen molar-refractivity contribution in [3.05, 3.63) is 58.6 Å². The summed E-state index contributed by atoms with van der Waals surface area (Å²) in [5, 5.41) is 0.334. The Morgan fingerprint density at radius 2 is 1.73 bits per heavy atom. The van der Waals surface area contributed by atoms with E-state index in [-0.39, 0.29) is 36.5 Å². The summed E-state index contributed by atoms with van der Waals surface area (Å²) >= 11 is 5.95. The highest BCUT2D eigenvalue weighted by molar-refractivity contribution is 7.92. The van der Waals surface area contributed by atoms with Gasteiger partial charge in [0.05, 0.1) is 50.9 Å². The fourth-order valence-electron chi connectivity index (χ4n) is 5.25. The van der Waals surface area contributed by atoms with Crippen LogP contribution in [0.15, 0.2) is 41.3 Å². The van der Waals surface area contributed by atoms with Crippen LogP contribution in [0.1, 0.15) is 31.2 Å². The number of rotatable bonds is 6.